The molecular weight excluding hydrogens is 228 g/mol. The van der Waals surface area contributed by atoms with E-state index in [-0.39, 0.29) is 11.9 Å². The van der Waals surface area contributed by atoms with Crippen LogP contribution in [-0.4, -0.2) is 31.2 Å². The van der Waals surface area contributed by atoms with E-state index in [0.29, 0.717) is 19.3 Å². The molecule has 2 fully saturated rings. The molecule has 2 aliphatic rings. The van der Waals surface area contributed by atoms with Crippen LogP contribution in [0.15, 0.2) is 0 Å². The Morgan fingerprint density at radius 2 is 2.11 bits per heavy atom. The topological polar surface area (TPSA) is 64.3 Å². The predicted octanol–water partition coefficient (Wildman–Crippen LogP) is 1.44. The van der Waals surface area contributed by atoms with Gasteiger partial charge in [-0.1, -0.05) is 19.8 Å². The van der Waals surface area contributed by atoms with E-state index in [1.165, 1.54) is 19.3 Å². The van der Waals surface area contributed by atoms with Crippen LogP contribution in [0.3, 0.4) is 0 Å². The fraction of sp³-hybridized carbons (Fsp3) is 0.929. The molecule has 2 rings (SSSR count). The smallest absolute Gasteiger partial charge is 0.230 e. The van der Waals surface area contributed by atoms with E-state index in [1.54, 1.807) is 0 Å². The van der Waals surface area contributed by atoms with E-state index in [1.807, 2.05) is 6.92 Å². The molecular formula is C14H26N2O2. The largest absolute Gasteiger partial charge is 0.379 e. The summed E-state index contributed by atoms with van der Waals surface area (Å²) in [5.74, 6) is 0.867. The fourth-order valence-electron chi connectivity index (χ4n) is 2.90. The summed E-state index contributed by atoms with van der Waals surface area (Å²) in [4.78, 5) is 12.4. The third-order valence-corrected chi connectivity index (χ3v) is 4.63. The highest BCUT2D eigenvalue weighted by atomic mass is 16.5. The van der Waals surface area contributed by atoms with Gasteiger partial charge in [-0.2, -0.15) is 0 Å². The van der Waals surface area contributed by atoms with Crippen molar-refractivity contribution in [2.45, 2.75) is 58.0 Å². The number of nitrogens with one attached hydrogen (secondary N) is 1. The van der Waals surface area contributed by atoms with Crippen LogP contribution in [0.2, 0.25) is 0 Å². The second-order valence-corrected chi connectivity index (χ2v) is 6.32. The first-order valence-electron chi connectivity index (χ1n) is 7.16. The molecule has 1 saturated heterocycles. The zero-order valence-electron chi connectivity index (χ0n) is 11.6. The molecule has 0 aromatic rings. The number of ether oxygens (including phenoxy) is 1. The van der Waals surface area contributed by atoms with Gasteiger partial charge in [-0.15, -0.1) is 0 Å². The van der Waals surface area contributed by atoms with Crippen LogP contribution in [0.5, 0.6) is 0 Å². The van der Waals surface area contributed by atoms with Crippen LogP contribution in [0.1, 0.15) is 46.0 Å². The van der Waals surface area contributed by atoms with Crippen molar-refractivity contribution in [1.29, 1.82) is 0 Å². The maximum Gasteiger partial charge on any atom is 0.230 e. The van der Waals surface area contributed by atoms with E-state index < -0.39 is 5.41 Å². The highest BCUT2D eigenvalue weighted by Gasteiger charge is 2.44. The number of rotatable bonds is 2. The number of hydrogen-bond acceptors (Lipinski definition) is 3. The number of hydrogen-bond donors (Lipinski definition) is 2. The average Bonchev–Trinajstić information content (AvgIpc) is 2.55. The van der Waals surface area contributed by atoms with Crippen molar-refractivity contribution in [3.05, 3.63) is 0 Å². The second-order valence-electron chi connectivity index (χ2n) is 6.32. The first kappa shape index (κ1) is 13.8. The zero-order chi connectivity index (χ0) is 13.2. The Bertz CT molecular complexity index is 308. The van der Waals surface area contributed by atoms with Crippen LogP contribution >= 0.6 is 0 Å². The van der Waals surface area contributed by atoms with Gasteiger partial charge >= 0.3 is 0 Å². The molecule has 18 heavy (non-hydrogen) atoms. The monoisotopic (exact) mass is 254 g/mol. The van der Waals surface area contributed by atoms with Gasteiger partial charge in [0.2, 0.25) is 5.91 Å². The first-order chi connectivity index (χ1) is 8.52. The minimum atomic E-state index is -0.544. The van der Waals surface area contributed by atoms with Gasteiger partial charge in [0.25, 0.3) is 0 Å². The molecule has 4 unspecified atom stereocenters. The number of nitrogens with two attached hydrogens (primary N) is 1. The summed E-state index contributed by atoms with van der Waals surface area (Å²) >= 11 is 0. The normalized spacial score (nSPS) is 41.4. The van der Waals surface area contributed by atoms with Crippen molar-refractivity contribution < 1.29 is 9.53 Å². The lowest BCUT2D eigenvalue weighted by Crippen LogP contribution is -2.52. The van der Waals surface area contributed by atoms with Crippen LogP contribution in [0, 0.1) is 11.3 Å². The lowest BCUT2D eigenvalue weighted by Gasteiger charge is -2.28. The highest BCUT2D eigenvalue weighted by Crippen LogP contribution is 2.29. The molecule has 1 heterocycles. The molecule has 1 aliphatic heterocycles. The lowest BCUT2D eigenvalue weighted by atomic mass is 9.84. The van der Waals surface area contributed by atoms with Crippen molar-refractivity contribution in [2.24, 2.45) is 17.1 Å². The Morgan fingerprint density at radius 1 is 1.33 bits per heavy atom. The Hall–Kier alpha value is -0.610. The Balaban J connectivity index is 1.90. The maximum atomic E-state index is 12.4. The van der Waals surface area contributed by atoms with Gasteiger partial charge in [0.05, 0.1) is 18.6 Å². The summed E-state index contributed by atoms with van der Waals surface area (Å²) in [6.45, 7) is 5.15. The number of amides is 1. The molecule has 1 aliphatic carbocycles. The molecule has 104 valence electrons. The third-order valence-electron chi connectivity index (χ3n) is 4.63. The standard InChI is InChI=1S/C14H26N2O2/c1-10-4-3-5-11(7-6-10)16-13(17)14(2)9-18-8-12(14)15/h10-12H,3-9,15H2,1-2H3,(H,16,17). The maximum absolute atomic E-state index is 12.4. The minimum absolute atomic E-state index is 0.0760. The minimum Gasteiger partial charge on any atom is -0.379 e. The summed E-state index contributed by atoms with van der Waals surface area (Å²) in [6.07, 6.45) is 5.91. The van der Waals surface area contributed by atoms with Crippen LogP contribution in [0.25, 0.3) is 0 Å². The summed E-state index contributed by atoms with van der Waals surface area (Å²) in [6, 6.07) is 0.147. The van der Waals surface area contributed by atoms with Crippen LogP contribution < -0.4 is 11.1 Å². The third kappa shape index (κ3) is 2.86. The molecule has 0 bridgehead atoms. The zero-order valence-corrected chi connectivity index (χ0v) is 11.6. The van der Waals surface area contributed by atoms with E-state index in [4.69, 9.17) is 10.5 Å². The van der Waals surface area contributed by atoms with Crippen LogP contribution in [0.4, 0.5) is 0 Å². The summed E-state index contributed by atoms with van der Waals surface area (Å²) < 4.78 is 5.34. The Kier molecular flexibility index (Phi) is 4.28. The molecule has 3 N–H and O–H groups in total. The Morgan fingerprint density at radius 3 is 2.78 bits per heavy atom. The van der Waals surface area contributed by atoms with E-state index in [2.05, 4.69) is 12.2 Å². The quantitative estimate of drug-likeness (QED) is 0.733. The van der Waals surface area contributed by atoms with Gasteiger partial charge in [-0.3, -0.25) is 4.79 Å². The van der Waals surface area contributed by atoms with Gasteiger partial charge in [0.15, 0.2) is 0 Å². The van der Waals surface area contributed by atoms with Gasteiger partial charge < -0.3 is 15.8 Å². The number of carbonyl (C=O) groups is 1. The van der Waals surface area contributed by atoms with Crippen molar-refractivity contribution in [3.63, 3.8) is 0 Å². The molecule has 1 saturated carbocycles. The fourth-order valence-corrected chi connectivity index (χ4v) is 2.90. The Labute approximate surface area is 110 Å². The van der Waals surface area contributed by atoms with Crippen molar-refractivity contribution in [2.75, 3.05) is 13.2 Å². The molecule has 0 aromatic heterocycles. The van der Waals surface area contributed by atoms with E-state index in [0.717, 1.165) is 18.8 Å². The number of carbonyl (C=O) groups excluding carboxylic acids is 1. The van der Waals surface area contributed by atoms with Crippen molar-refractivity contribution in [3.8, 4) is 0 Å². The molecule has 0 spiro atoms. The first-order valence-corrected chi connectivity index (χ1v) is 7.16. The van der Waals surface area contributed by atoms with Gasteiger partial charge in [-0.25, -0.2) is 0 Å². The van der Waals surface area contributed by atoms with Gasteiger partial charge in [0, 0.05) is 12.1 Å². The molecule has 1 amide bonds. The lowest BCUT2D eigenvalue weighted by molar-refractivity contribution is -0.131. The predicted molar refractivity (Wildman–Crippen MR) is 71.1 cm³/mol. The van der Waals surface area contributed by atoms with Gasteiger partial charge in [0.1, 0.15) is 0 Å². The summed E-state index contributed by atoms with van der Waals surface area (Å²) in [7, 11) is 0. The molecule has 0 aromatic carbocycles. The SMILES string of the molecule is CC1CCCC(NC(=O)C2(C)COCC2N)CC1. The van der Waals surface area contributed by atoms with Gasteiger partial charge in [-0.05, 0) is 32.1 Å². The molecule has 4 nitrogen and oxygen atoms in total. The average molecular weight is 254 g/mol. The van der Waals surface area contributed by atoms with E-state index in [9.17, 15) is 4.79 Å². The molecule has 4 atom stereocenters. The van der Waals surface area contributed by atoms with Crippen molar-refractivity contribution in [1.82, 2.24) is 5.32 Å². The molecule has 4 heteroatoms. The highest BCUT2D eigenvalue weighted by molar-refractivity contribution is 5.83. The van der Waals surface area contributed by atoms with Crippen molar-refractivity contribution >= 4 is 5.91 Å². The van der Waals surface area contributed by atoms with E-state index >= 15 is 0 Å². The second kappa shape index (κ2) is 5.57. The molecule has 0 radical (unpaired) electrons. The summed E-state index contributed by atoms with van der Waals surface area (Å²) in [5.41, 5.74) is 5.44. The van der Waals surface area contributed by atoms with Crippen LogP contribution in [-0.2, 0) is 9.53 Å². The summed E-state index contributed by atoms with van der Waals surface area (Å²) in [5, 5.41) is 3.19.